The molecule has 0 aromatic carbocycles. The first-order valence-electron chi connectivity index (χ1n) is 8.63. The third-order valence-corrected chi connectivity index (χ3v) is 4.43. The summed E-state index contributed by atoms with van der Waals surface area (Å²) in [4.78, 5) is 29.7. The van der Waals surface area contributed by atoms with Gasteiger partial charge in [0.25, 0.3) is 0 Å². The SMILES string of the molecule is CCN(CC)C(=O)CN1CCN(C(=O)Cn2ccc(C(F)(F)F)n2)CC1. The summed E-state index contributed by atoms with van der Waals surface area (Å²) in [5, 5.41) is 3.39. The number of amides is 2. The highest BCUT2D eigenvalue weighted by molar-refractivity contribution is 5.78. The lowest BCUT2D eigenvalue weighted by Crippen LogP contribution is -2.52. The molecular weight excluding hydrogens is 351 g/mol. The highest BCUT2D eigenvalue weighted by atomic mass is 19.4. The molecule has 146 valence electrons. The molecule has 0 aliphatic carbocycles. The number of piperazine rings is 1. The number of likely N-dealkylation sites (N-methyl/N-ethyl adjacent to an activating group) is 1. The largest absolute Gasteiger partial charge is 0.435 e. The van der Waals surface area contributed by atoms with Gasteiger partial charge in [-0.3, -0.25) is 19.2 Å². The molecular formula is C16H24F3N5O2. The number of hydrogen-bond acceptors (Lipinski definition) is 4. The first-order chi connectivity index (χ1) is 12.2. The minimum atomic E-state index is -4.52. The van der Waals surface area contributed by atoms with Crippen LogP contribution in [-0.2, 0) is 22.3 Å². The average molecular weight is 375 g/mol. The fourth-order valence-corrected chi connectivity index (χ4v) is 2.86. The molecule has 1 fully saturated rings. The minimum absolute atomic E-state index is 0.0611. The van der Waals surface area contributed by atoms with Crippen LogP contribution in [0.2, 0.25) is 0 Å². The second kappa shape index (κ2) is 8.52. The summed E-state index contributed by atoms with van der Waals surface area (Å²) < 4.78 is 38.6. The maximum Gasteiger partial charge on any atom is 0.435 e. The predicted octanol–water partition coefficient (Wildman–Crippen LogP) is 0.915. The van der Waals surface area contributed by atoms with Crippen molar-refractivity contribution in [2.45, 2.75) is 26.6 Å². The van der Waals surface area contributed by atoms with E-state index >= 15 is 0 Å². The zero-order valence-corrected chi connectivity index (χ0v) is 15.0. The van der Waals surface area contributed by atoms with Crippen LogP contribution < -0.4 is 0 Å². The molecule has 0 atom stereocenters. The Morgan fingerprint density at radius 1 is 1.12 bits per heavy atom. The molecule has 26 heavy (non-hydrogen) atoms. The van der Waals surface area contributed by atoms with Gasteiger partial charge in [-0.15, -0.1) is 0 Å². The Balaban J connectivity index is 1.81. The van der Waals surface area contributed by atoms with Gasteiger partial charge in [0.2, 0.25) is 11.8 Å². The van der Waals surface area contributed by atoms with Gasteiger partial charge in [-0.2, -0.15) is 18.3 Å². The van der Waals surface area contributed by atoms with E-state index in [-0.39, 0.29) is 18.4 Å². The number of alkyl halides is 3. The normalized spacial score (nSPS) is 16.0. The summed E-state index contributed by atoms with van der Waals surface area (Å²) in [6.45, 7) is 7.28. The van der Waals surface area contributed by atoms with Gasteiger partial charge in [-0.25, -0.2) is 0 Å². The predicted molar refractivity (Wildman–Crippen MR) is 88.2 cm³/mol. The zero-order valence-electron chi connectivity index (χ0n) is 15.0. The van der Waals surface area contributed by atoms with E-state index in [1.807, 2.05) is 18.7 Å². The number of carbonyl (C=O) groups is 2. The molecule has 2 amide bonds. The van der Waals surface area contributed by atoms with E-state index < -0.39 is 11.9 Å². The van der Waals surface area contributed by atoms with Crippen LogP contribution in [0.1, 0.15) is 19.5 Å². The fraction of sp³-hybridized carbons (Fsp3) is 0.688. The van der Waals surface area contributed by atoms with Crippen LogP contribution >= 0.6 is 0 Å². The van der Waals surface area contributed by atoms with E-state index in [1.165, 1.54) is 0 Å². The maximum absolute atomic E-state index is 12.5. The Morgan fingerprint density at radius 3 is 2.23 bits per heavy atom. The number of hydrogen-bond donors (Lipinski definition) is 0. The molecule has 2 heterocycles. The van der Waals surface area contributed by atoms with Crippen LogP contribution in [-0.4, -0.2) is 82.1 Å². The summed E-state index contributed by atoms with van der Waals surface area (Å²) in [5.74, 6) is -0.220. The van der Waals surface area contributed by atoms with Gasteiger partial charge in [0.05, 0.1) is 6.54 Å². The van der Waals surface area contributed by atoms with E-state index in [4.69, 9.17) is 0 Å². The van der Waals surface area contributed by atoms with Gasteiger partial charge < -0.3 is 9.80 Å². The molecule has 1 aromatic rings. The molecule has 7 nitrogen and oxygen atoms in total. The van der Waals surface area contributed by atoms with Crippen molar-refractivity contribution >= 4 is 11.8 Å². The van der Waals surface area contributed by atoms with Crippen LogP contribution in [0, 0.1) is 0 Å². The summed E-state index contributed by atoms with van der Waals surface area (Å²) in [6.07, 6.45) is -3.36. The summed E-state index contributed by atoms with van der Waals surface area (Å²) >= 11 is 0. The van der Waals surface area contributed by atoms with Gasteiger partial charge in [0.1, 0.15) is 6.54 Å². The molecule has 2 rings (SSSR count). The molecule has 0 radical (unpaired) electrons. The molecule has 10 heteroatoms. The van der Waals surface area contributed by atoms with Crippen molar-refractivity contribution in [3.05, 3.63) is 18.0 Å². The summed E-state index contributed by atoms with van der Waals surface area (Å²) in [7, 11) is 0. The molecule has 1 aliphatic rings. The number of halogens is 3. The van der Waals surface area contributed by atoms with Crippen LogP contribution in [0.3, 0.4) is 0 Å². The Kier molecular flexibility index (Phi) is 6.63. The van der Waals surface area contributed by atoms with Gasteiger partial charge >= 0.3 is 6.18 Å². The fourth-order valence-electron chi connectivity index (χ4n) is 2.86. The van der Waals surface area contributed by atoms with Crippen molar-refractivity contribution in [1.82, 2.24) is 24.5 Å². The summed E-state index contributed by atoms with van der Waals surface area (Å²) in [6, 6.07) is 0.851. The molecule has 1 aromatic heterocycles. The Morgan fingerprint density at radius 2 is 1.73 bits per heavy atom. The molecule has 0 N–H and O–H groups in total. The zero-order chi connectivity index (χ0) is 19.3. The summed E-state index contributed by atoms with van der Waals surface area (Å²) in [5.41, 5.74) is -1.01. The second-order valence-corrected chi connectivity index (χ2v) is 6.12. The molecule has 0 unspecified atom stereocenters. The molecule has 0 bridgehead atoms. The monoisotopic (exact) mass is 375 g/mol. The highest BCUT2D eigenvalue weighted by Crippen LogP contribution is 2.27. The molecule has 0 spiro atoms. The van der Waals surface area contributed by atoms with Gasteiger partial charge in [-0.1, -0.05) is 0 Å². The van der Waals surface area contributed by atoms with Gasteiger partial charge in [-0.05, 0) is 19.9 Å². The smallest absolute Gasteiger partial charge is 0.342 e. The van der Waals surface area contributed by atoms with Crippen LogP contribution in [0.25, 0.3) is 0 Å². The highest BCUT2D eigenvalue weighted by Gasteiger charge is 2.34. The van der Waals surface area contributed by atoms with Gasteiger partial charge in [0, 0.05) is 45.5 Å². The number of nitrogens with zero attached hydrogens (tertiary/aromatic N) is 5. The number of rotatable bonds is 6. The Hall–Kier alpha value is -2.10. The number of carbonyl (C=O) groups excluding carboxylic acids is 2. The third-order valence-electron chi connectivity index (χ3n) is 4.43. The standard InChI is InChI=1S/C16H24F3N5O2/c1-3-22(4-2)14(25)11-21-7-9-23(10-8-21)15(26)12-24-6-5-13(20-24)16(17,18)19/h5-6H,3-4,7-12H2,1-2H3. The van der Waals surface area contributed by atoms with Crippen molar-refractivity contribution < 1.29 is 22.8 Å². The lowest BCUT2D eigenvalue weighted by atomic mass is 10.3. The van der Waals surface area contributed by atoms with Crippen molar-refractivity contribution in [2.24, 2.45) is 0 Å². The van der Waals surface area contributed by atoms with E-state index in [2.05, 4.69) is 5.10 Å². The lowest BCUT2D eigenvalue weighted by molar-refractivity contribution is -0.142. The number of aromatic nitrogens is 2. The Bertz CT molecular complexity index is 620. The minimum Gasteiger partial charge on any atom is -0.342 e. The second-order valence-electron chi connectivity index (χ2n) is 6.12. The molecule has 1 saturated heterocycles. The quantitative estimate of drug-likeness (QED) is 0.742. The van der Waals surface area contributed by atoms with Crippen molar-refractivity contribution in [2.75, 3.05) is 45.8 Å². The average Bonchev–Trinajstić information content (AvgIpc) is 3.05. The lowest BCUT2D eigenvalue weighted by Gasteiger charge is -2.35. The van der Waals surface area contributed by atoms with Crippen LogP contribution in [0.5, 0.6) is 0 Å². The van der Waals surface area contributed by atoms with E-state index in [0.29, 0.717) is 45.8 Å². The maximum atomic E-state index is 12.5. The van der Waals surface area contributed by atoms with E-state index in [9.17, 15) is 22.8 Å². The van der Waals surface area contributed by atoms with E-state index in [0.717, 1.165) is 16.9 Å². The first kappa shape index (κ1) is 20.2. The Labute approximate surface area is 150 Å². The van der Waals surface area contributed by atoms with Crippen LogP contribution in [0.15, 0.2) is 12.3 Å². The first-order valence-corrected chi connectivity index (χ1v) is 8.63. The molecule has 0 saturated carbocycles. The van der Waals surface area contributed by atoms with Crippen molar-refractivity contribution in [3.8, 4) is 0 Å². The van der Waals surface area contributed by atoms with Gasteiger partial charge in [0.15, 0.2) is 5.69 Å². The molecule has 1 aliphatic heterocycles. The van der Waals surface area contributed by atoms with Crippen molar-refractivity contribution in [3.63, 3.8) is 0 Å². The van der Waals surface area contributed by atoms with Crippen LogP contribution in [0.4, 0.5) is 13.2 Å². The van der Waals surface area contributed by atoms with Crippen molar-refractivity contribution in [1.29, 1.82) is 0 Å². The topological polar surface area (TPSA) is 61.7 Å². The third kappa shape index (κ3) is 5.20. The van der Waals surface area contributed by atoms with E-state index in [1.54, 1.807) is 9.80 Å².